The van der Waals surface area contributed by atoms with Crippen LogP contribution in [0.5, 0.6) is 0 Å². The molecule has 0 N–H and O–H groups in total. The van der Waals surface area contributed by atoms with Crippen LogP contribution in [0.3, 0.4) is 0 Å². The van der Waals surface area contributed by atoms with Crippen molar-refractivity contribution in [2.45, 2.75) is 39.8 Å². The molecule has 0 spiro atoms. The number of anilines is 2. The third-order valence-electron chi connectivity index (χ3n) is 5.57. The first kappa shape index (κ1) is 25.7. The van der Waals surface area contributed by atoms with Crippen molar-refractivity contribution in [2.24, 2.45) is 0 Å². The molecular formula is C23H27ClN5O4S-. The van der Waals surface area contributed by atoms with Gasteiger partial charge in [-0.15, -0.1) is 0 Å². The summed E-state index contributed by atoms with van der Waals surface area (Å²) in [5.74, 6) is -0.320. The maximum atomic E-state index is 13.5. The smallest absolute Gasteiger partial charge is 0.248 e. The lowest BCUT2D eigenvalue weighted by molar-refractivity contribution is -0.270. The maximum absolute atomic E-state index is 13.5. The van der Waals surface area contributed by atoms with Crippen molar-refractivity contribution in [1.82, 2.24) is 9.88 Å². The molecule has 2 amide bonds. The number of carboxylic acid groups (broad SMARTS) is 1. The van der Waals surface area contributed by atoms with E-state index < -0.39 is 24.1 Å². The quantitative estimate of drug-likeness (QED) is 0.594. The maximum Gasteiger partial charge on any atom is 0.248 e. The first-order valence-electron chi connectivity index (χ1n) is 10.8. The number of aromatic nitrogens is 1. The fourth-order valence-electron chi connectivity index (χ4n) is 3.52. The van der Waals surface area contributed by atoms with Crippen LogP contribution < -0.4 is 14.9 Å². The van der Waals surface area contributed by atoms with Crippen molar-refractivity contribution < 1.29 is 19.4 Å². The van der Waals surface area contributed by atoms with Crippen molar-refractivity contribution in [2.75, 3.05) is 42.6 Å². The number of nitriles is 1. The molecule has 2 aromatic rings. The minimum Gasteiger partial charge on any atom is -0.530 e. The van der Waals surface area contributed by atoms with Gasteiger partial charge in [-0.3, -0.25) is 9.69 Å². The van der Waals surface area contributed by atoms with Crippen LogP contribution in [0.4, 0.5) is 15.7 Å². The van der Waals surface area contributed by atoms with Crippen LogP contribution in [-0.4, -0.2) is 60.3 Å². The molecule has 1 aromatic carbocycles. The van der Waals surface area contributed by atoms with E-state index in [9.17, 15) is 20.0 Å². The molecule has 182 valence electrons. The molecule has 1 aromatic heterocycles. The summed E-state index contributed by atoms with van der Waals surface area (Å²) in [6, 6.07) is 7.51. The number of carbonyl (C=O) groups is 2. The number of benzene rings is 1. The summed E-state index contributed by atoms with van der Waals surface area (Å²) in [6.07, 6.45) is -1.45. The number of morpholine rings is 1. The first-order valence-corrected chi connectivity index (χ1v) is 12.0. The number of hydrogen-bond donors (Lipinski definition) is 0. The number of halogens is 1. The molecule has 34 heavy (non-hydrogen) atoms. The van der Waals surface area contributed by atoms with E-state index in [-0.39, 0.29) is 17.2 Å². The number of ether oxygens (including phenoxy) is 1. The molecule has 0 aliphatic carbocycles. The van der Waals surface area contributed by atoms with Crippen LogP contribution in [-0.2, 0) is 16.1 Å². The van der Waals surface area contributed by atoms with Crippen LogP contribution in [0.25, 0.3) is 0 Å². The molecule has 1 fully saturated rings. The normalized spacial score (nSPS) is 13.9. The van der Waals surface area contributed by atoms with Gasteiger partial charge in [0.05, 0.1) is 26.3 Å². The van der Waals surface area contributed by atoms with Crippen LogP contribution in [0, 0.1) is 18.3 Å². The number of thiazole rings is 1. The predicted molar refractivity (Wildman–Crippen MR) is 129 cm³/mol. The second kappa shape index (κ2) is 10.6. The van der Waals surface area contributed by atoms with Gasteiger partial charge in [-0.05, 0) is 44.9 Å². The zero-order chi connectivity index (χ0) is 25.0. The number of rotatable bonds is 6. The lowest BCUT2D eigenvalue weighted by atomic mass is 10.1. The van der Waals surface area contributed by atoms with Crippen molar-refractivity contribution in [1.29, 1.82) is 5.26 Å². The summed E-state index contributed by atoms with van der Waals surface area (Å²) < 4.78 is 5.40. The van der Waals surface area contributed by atoms with E-state index in [4.69, 9.17) is 16.3 Å². The number of hydrogen-bond acceptors (Lipinski definition) is 8. The Morgan fingerprint density at radius 1 is 1.32 bits per heavy atom. The van der Waals surface area contributed by atoms with Crippen molar-refractivity contribution >= 4 is 45.9 Å². The molecule has 3 rings (SSSR count). The van der Waals surface area contributed by atoms with Gasteiger partial charge in [0.2, 0.25) is 5.91 Å². The summed E-state index contributed by atoms with van der Waals surface area (Å²) >= 11 is 7.49. The molecule has 0 bridgehead atoms. The minimum absolute atomic E-state index is 0.0806. The highest BCUT2D eigenvalue weighted by molar-refractivity contribution is 7.16. The minimum atomic E-state index is -1.45. The van der Waals surface area contributed by atoms with Gasteiger partial charge in [0.1, 0.15) is 12.2 Å². The second-order valence-electron chi connectivity index (χ2n) is 8.89. The molecule has 2 heterocycles. The van der Waals surface area contributed by atoms with Gasteiger partial charge in [0.15, 0.2) is 15.8 Å². The van der Waals surface area contributed by atoms with Crippen LogP contribution in [0.15, 0.2) is 18.2 Å². The number of amides is 2. The van der Waals surface area contributed by atoms with Gasteiger partial charge in [-0.1, -0.05) is 35.1 Å². The Balaban J connectivity index is 2.03. The largest absolute Gasteiger partial charge is 0.530 e. The Hall–Kier alpha value is -2.87. The SMILES string of the molecule is Cc1c(Cl)cccc1CN(C(=O)CN(C(=O)[O-])C(C)(C)C)c1nc(N2CCOCC2)sc1C#N. The van der Waals surface area contributed by atoms with Gasteiger partial charge in [0, 0.05) is 23.7 Å². The summed E-state index contributed by atoms with van der Waals surface area (Å²) in [6.45, 7) is 8.88. The molecule has 0 radical (unpaired) electrons. The molecule has 11 heteroatoms. The fraction of sp³-hybridized carbons (Fsp3) is 0.478. The fourth-order valence-corrected chi connectivity index (χ4v) is 4.63. The van der Waals surface area contributed by atoms with Crippen molar-refractivity contribution in [3.8, 4) is 6.07 Å². The average Bonchev–Trinajstić information content (AvgIpc) is 3.22. The molecule has 0 unspecified atom stereocenters. The lowest BCUT2D eigenvalue weighted by Gasteiger charge is -2.38. The molecular weight excluding hydrogens is 478 g/mol. The molecule has 1 saturated heterocycles. The van der Waals surface area contributed by atoms with E-state index >= 15 is 0 Å². The molecule has 0 atom stereocenters. The highest BCUT2D eigenvalue weighted by Gasteiger charge is 2.30. The summed E-state index contributed by atoms with van der Waals surface area (Å²) in [5.41, 5.74) is 0.698. The van der Waals surface area contributed by atoms with E-state index in [2.05, 4.69) is 11.1 Å². The number of carbonyl (C=O) groups excluding carboxylic acids is 2. The summed E-state index contributed by atoms with van der Waals surface area (Å²) in [7, 11) is 0. The summed E-state index contributed by atoms with van der Waals surface area (Å²) in [5, 5.41) is 22.8. The van der Waals surface area contributed by atoms with Gasteiger partial charge < -0.3 is 24.4 Å². The standard InChI is InChI=1S/C23H28ClN5O4S/c1-15-16(6-5-7-17(15)24)13-28(19(30)14-29(22(31)32)23(2,3)4)20-18(12-25)34-21(26-20)27-8-10-33-11-9-27/h5-7H,8-11,13-14H2,1-4H3,(H,31,32)/p-1. The molecule has 1 aliphatic heterocycles. The van der Waals surface area contributed by atoms with E-state index in [0.29, 0.717) is 36.5 Å². The van der Waals surface area contributed by atoms with Crippen LogP contribution in [0.1, 0.15) is 36.8 Å². The number of nitrogens with zero attached hydrogens (tertiary/aromatic N) is 5. The van der Waals surface area contributed by atoms with Gasteiger partial charge in [0.25, 0.3) is 0 Å². The molecule has 1 aliphatic rings. The molecule has 9 nitrogen and oxygen atoms in total. The highest BCUT2D eigenvalue weighted by atomic mass is 35.5. The average molecular weight is 505 g/mol. The monoisotopic (exact) mass is 504 g/mol. The topological polar surface area (TPSA) is 113 Å². The van der Waals surface area contributed by atoms with Gasteiger partial charge in [-0.2, -0.15) is 5.26 Å². The Kier molecular flexibility index (Phi) is 8.02. The third kappa shape index (κ3) is 5.78. The third-order valence-corrected chi connectivity index (χ3v) is 6.99. The Morgan fingerprint density at radius 2 is 2.00 bits per heavy atom. The van der Waals surface area contributed by atoms with E-state index in [1.165, 1.54) is 16.2 Å². The molecule has 0 saturated carbocycles. The Morgan fingerprint density at radius 3 is 2.59 bits per heavy atom. The second-order valence-corrected chi connectivity index (χ2v) is 10.3. The first-order chi connectivity index (χ1) is 16.0. The summed E-state index contributed by atoms with van der Waals surface area (Å²) in [4.78, 5) is 34.6. The van der Waals surface area contributed by atoms with E-state index in [1.54, 1.807) is 32.9 Å². The van der Waals surface area contributed by atoms with Gasteiger partial charge >= 0.3 is 0 Å². The van der Waals surface area contributed by atoms with Crippen molar-refractivity contribution in [3.63, 3.8) is 0 Å². The Bertz CT molecular complexity index is 1100. The highest BCUT2D eigenvalue weighted by Crippen LogP contribution is 2.34. The predicted octanol–water partition coefficient (Wildman–Crippen LogP) is 2.79. The van der Waals surface area contributed by atoms with Crippen LogP contribution in [0.2, 0.25) is 5.02 Å². The Labute approximate surface area is 208 Å². The van der Waals surface area contributed by atoms with Crippen LogP contribution >= 0.6 is 22.9 Å². The zero-order valence-electron chi connectivity index (χ0n) is 19.6. The van der Waals surface area contributed by atoms with Gasteiger partial charge in [-0.25, -0.2) is 4.98 Å². The lowest BCUT2D eigenvalue weighted by Crippen LogP contribution is -2.55. The van der Waals surface area contributed by atoms with Crippen molar-refractivity contribution in [3.05, 3.63) is 39.2 Å². The zero-order valence-corrected chi connectivity index (χ0v) is 21.2. The van der Waals surface area contributed by atoms with E-state index in [1.807, 2.05) is 17.9 Å². The van der Waals surface area contributed by atoms with E-state index in [0.717, 1.165) is 16.0 Å².